The summed E-state index contributed by atoms with van der Waals surface area (Å²) in [5.41, 5.74) is 0.748. The third-order valence-electron chi connectivity index (χ3n) is 3.59. The molecule has 4 heteroatoms. The first-order chi connectivity index (χ1) is 8.78. The van der Waals surface area contributed by atoms with E-state index in [0.717, 1.165) is 18.0 Å². The third kappa shape index (κ3) is 3.79. The molecule has 1 aliphatic rings. The van der Waals surface area contributed by atoms with Gasteiger partial charge in [0.05, 0.1) is 12.8 Å². The molecule has 18 heavy (non-hydrogen) atoms. The van der Waals surface area contributed by atoms with Crippen molar-refractivity contribution in [1.29, 1.82) is 0 Å². The molecule has 1 aromatic rings. The summed E-state index contributed by atoms with van der Waals surface area (Å²) in [7, 11) is 1.56. The molecule has 0 atom stereocenters. The molecular formula is C14H20N2O2. The standard InChI is InChI=1S/C14H20N2O2/c1-18-14-9-12(15-10-16-14)8-13(17)7-6-11-4-2-3-5-11/h9-11H,2-8H2,1H3. The maximum absolute atomic E-state index is 11.9. The molecule has 1 aliphatic carbocycles. The molecule has 98 valence electrons. The van der Waals surface area contributed by atoms with Crippen molar-refractivity contribution in [2.75, 3.05) is 7.11 Å². The summed E-state index contributed by atoms with van der Waals surface area (Å²) in [6.45, 7) is 0. The Morgan fingerprint density at radius 3 is 2.89 bits per heavy atom. The Balaban J connectivity index is 1.78. The van der Waals surface area contributed by atoms with Crippen LogP contribution < -0.4 is 4.74 Å². The number of ketones is 1. The van der Waals surface area contributed by atoms with Gasteiger partial charge in [-0.05, 0) is 12.3 Å². The Morgan fingerprint density at radius 2 is 2.17 bits per heavy atom. The number of hydrogen-bond donors (Lipinski definition) is 0. The first-order valence-corrected chi connectivity index (χ1v) is 6.64. The van der Waals surface area contributed by atoms with Gasteiger partial charge in [0.25, 0.3) is 0 Å². The molecule has 0 radical (unpaired) electrons. The van der Waals surface area contributed by atoms with Gasteiger partial charge in [0, 0.05) is 18.9 Å². The van der Waals surface area contributed by atoms with Crippen molar-refractivity contribution in [3.05, 3.63) is 18.1 Å². The molecule has 4 nitrogen and oxygen atoms in total. The molecule has 1 fully saturated rings. The molecule has 0 unspecified atom stereocenters. The van der Waals surface area contributed by atoms with Gasteiger partial charge in [-0.25, -0.2) is 9.97 Å². The van der Waals surface area contributed by atoms with Gasteiger partial charge in [-0.3, -0.25) is 4.79 Å². The minimum atomic E-state index is 0.266. The molecule has 1 saturated carbocycles. The van der Waals surface area contributed by atoms with Gasteiger partial charge in [-0.15, -0.1) is 0 Å². The lowest BCUT2D eigenvalue weighted by Crippen LogP contribution is -2.07. The Bertz CT molecular complexity index is 401. The minimum Gasteiger partial charge on any atom is -0.481 e. The van der Waals surface area contributed by atoms with E-state index in [2.05, 4.69) is 9.97 Å². The summed E-state index contributed by atoms with van der Waals surface area (Å²) in [6, 6.07) is 1.73. The molecule has 1 aromatic heterocycles. The van der Waals surface area contributed by atoms with Crippen LogP contribution in [0.25, 0.3) is 0 Å². The van der Waals surface area contributed by atoms with Gasteiger partial charge >= 0.3 is 0 Å². The van der Waals surface area contributed by atoms with Crippen LogP contribution in [0.3, 0.4) is 0 Å². The van der Waals surface area contributed by atoms with E-state index in [-0.39, 0.29) is 5.78 Å². The number of carbonyl (C=O) groups is 1. The zero-order valence-electron chi connectivity index (χ0n) is 10.9. The second-order valence-electron chi connectivity index (χ2n) is 4.96. The number of carbonyl (C=O) groups excluding carboxylic acids is 1. The summed E-state index contributed by atoms with van der Waals surface area (Å²) in [5.74, 6) is 1.56. The molecule has 0 N–H and O–H groups in total. The van der Waals surface area contributed by atoms with Crippen LogP contribution in [-0.4, -0.2) is 22.9 Å². The van der Waals surface area contributed by atoms with E-state index in [9.17, 15) is 4.79 Å². The third-order valence-corrected chi connectivity index (χ3v) is 3.59. The summed E-state index contributed by atoms with van der Waals surface area (Å²) in [4.78, 5) is 19.9. The Kier molecular flexibility index (Phi) is 4.67. The summed E-state index contributed by atoms with van der Waals surface area (Å²) in [5, 5.41) is 0. The van der Waals surface area contributed by atoms with Crippen LogP contribution >= 0.6 is 0 Å². The summed E-state index contributed by atoms with van der Waals surface area (Å²) < 4.78 is 5.02. The SMILES string of the molecule is COc1cc(CC(=O)CCC2CCCC2)ncn1. The van der Waals surface area contributed by atoms with Gasteiger partial charge in [-0.2, -0.15) is 0 Å². The highest BCUT2D eigenvalue weighted by molar-refractivity contribution is 5.80. The molecule has 0 spiro atoms. The lowest BCUT2D eigenvalue weighted by molar-refractivity contribution is -0.118. The van der Waals surface area contributed by atoms with Crippen LogP contribution in [0.4, 0.5) is 0 Å². The van der Waals surface area contributed by atoms with Gasteiger partial charge in [0.15, 0.2) is 0 Å². The highest BCUT2D eigenvalue weighted by atomic mass is 16.5. The maximum Gasteiger partial charge on any atom is 0.216 e. The van der Waals surface area contributed by atoms with Gasteiger partial charge in [0.2, 0.25) is 5.88 Å². The molecule has 2 rings (SSSR count). The van der Waals surface area contributed by atoms with Gasteiger partial charge in [0.1, 0.15) is 12.1 Å². The zero-order chi connectivity index (χ0) is 12.8. The molecule has 0 aliphatic heterocycles. The van der Waals surface area contributed by atoms with Crippen LogP contribution in [0.2, 0.25) is 0 Å². The van der Waals surface area contributed by atoms with Crippen LogP contribution in [0, 0.1) is 5.92 Å². The van der Waals surface area contributed by atoms with Gasteiger partial charge in [-0.1, -0.05) is 25.7 Å². The first-order valence-electron chi connectivity index (χ1n) is 6.64. The highest BCUT2D eigenvalue weighted by Gasteiger charge is 2.16. The van der Waals surface area contributed by atoms with E-state index in [1.165, 1.54) is 32.0 Å². The highest BCUT2D eigenvalue weighted by Crippen LogP contribution is 2.28. The number of ether oxygens (including phenoxy) is 1. The number of hydrogen-bond acceptors (Lipinski definition) is 4. The zero-order valence-corrected chi connectivity index (χ0v) is 10.9. The minimum absolute atomic E-state index is 0.266. The Labute approximate surface area is 108 Å². The fourth-order valence-corrected chi connectivity index (χ4v) is 2.54. The van der Waals surface area contributed by atoms with E-state index in [4.69, 9.17) is 4.74 Å². The fourth-order valence-electron chi connectivity index (χ4n) is 2.54. The van der Waals surface area contributed by atoms with E-state index < -0.39 is 0 Å². The molecule has 1 heterocycles. The normalized spacial score (nSPS) is 15.8. The molecule has 0 amide bonds. The Hall–Kier alpha value is -1.45. The number of Topliss-reactive ketones (excluding diaryl/α,β-unsaturated/α-hetero) is 1. The van der Waals surface area contributed by atoms with E-state index in [1.54, 1.807) is 13.2 Å². The average molecular weight is 248 g/mol. The maximum atomic E-state index is 11.9. The largest absolute Gasteiger partial charge is 0.481 e. The average Bonchev–Trinajstić information content (AvgIpc) is 2.90. The number of rotatable bonds is 6. The lowest BCUT2D eigenvalue weighted by Gasteiger charge is -2.07. The van der Waals surface area contributed by atoms with Crippen molar-refractivity contribution in [3.63, 3.8) is 0 Å². The topological polar surface area (TPSA) is 52.1 Å². The number of methoxy groups -OCH3 is 1. The van der Waals surface area contributed by atoms with Crippen LogP contribution in [0.5, 0.6) is 5.88 Å². The predicted octanol–water partition coefficient (Wildman–Crippen LogP) is 2.57. The van der Waals surface area contributed by atoms with Crippen LogP contribution in [0.1, 0.15) is 44.2 Å². The van der Waals surface area contributed by atoms with Crippen molar-refractivity contribution in [2.24, 2.45) is 5.92 Å². The number of aromatic nitrogens is 2. The number of nitrogens with zero attached hydrogens (tertiary/aromatic N) is 2. The van der Waals surface area contributed by atoms with Crippen molar-refractivity contribution >= 4 is 5.78 Å². The molecule has 0 aromatic carbocycles. The van der Waals surface area contributed by atoms with E-state index in [1.807, 2.05) is 0 Å². The fraction of sp³-hybridized carbons (Fsp3) is 0.643. The van der Waals surface area contributed by atoms with Crippen molar-refractivity contribution < 1.29 is 9.53 Å². The molecular weight excluding hydrogens is 228 g/mol. The van der Waals surface area contributed by atoms with Crippen molar-refractivity contribution in [2.45, 2.75) is 44.9 Å². The smallest absolute Gasteiger partial charge is 0.216 e. The van der Waals surface area contributed by atoms with E-state index in [0.29, 0.717) is 18.7 Å². The summed E-state index contributed by atoms with van der Waals surface area (Å²) in [6.07, 6.45) is 8.83. The monoisotopic (exact) mass is 248 g/mol. The molecule has 0 saturated heterocycles. The van der Waals surface area contributed by atoms with Crippen molar-refractivity contribution in [1.82, 2.24) is 9.97 Å². The second-order valence-corrected chi connectivity index (χ2v) is 4.96. The predicted molar refractivity (Wildman–Crippen MR) is 68.5 cm³/mol. The second kappa shape index (κ2) is 6.47. The molecule has 0 bridgehead atoms. The van der Waals surface area contributed by atoms with Crippen LogP contribution in [-0.2, 0) is 11.2 Å². The first kappa shape index (κ1) is 13.0. The van der Waals surface area contributed by atoms with Crippen LogP contribution in [0.15, 0.2) is 12.4 Å². The van der Waals surface area contributed by atoms with Gasteiger partial charge < -0.3 is 4.74 Å². The Morgan fingerprint density at radius 1 is 1.39 bits per heavy atom. The quantitative estimate of drug-likeness (QED) is 0.776. The van der Waals surface area contributed by atoms with Crippen molar-refractivity contribution in [3.8, 4) is 5.88 Å². The lowest BCUT2D eigenvalue weighted by atomic mass is 9.99. The summed E-state index contributed by atoms with van der Waals surface area (Å²) >= 11 is 0. The van der Waals surface area contributed by atoms with E-state index >= 15 is 0 Å².